The van der Waals surface area contributed by atoms with E-state index in [1.165, 1.54) is 19.2 Å². The molecule has 0 bridgehead atoms. The Morgan fingerprint density at radius 1 is 1.41 bits per heavy atom. The van der Waals surface area contributed by atoms with Crippen LogP contribution in [0.15, 0.2) is 12.1 Å². The summed E-state index contributed by atoms with van der Waals surface area (Å²) in [5, 5.41) is 0.234. The van der Waals surface area contributed by atoms with Gasteiger partial charge < -0.3 is 10.6 Å². The van der Waals surface area contributed by atoms with Crippen LogP contribution >= 0.6 is 23.2 Å². The quantitative estimate of drug-likeness (QED) is 0.867. The van der Waals surface area contributed by atoms with Crippen molar-refractivity contribution < 1.29 is 13.6 Å². The lowest BCUT2D eigenvalue weighted by Gasteiger charge is -2.17. The van der Waals surface area contributed by atoms with E-state index in [2.05, 4.69) is 0 Å². The van der Waals surface area contributed by atoms with Gasteiger partial charge in [-0.15, -0.1) is 0 Å². The summed E-state index contributed by atoms with van der Waals surface area (Å²) in [5.74, 6) is -0.589. The molecule has 3 nitrogen and oxygen atoms in total. The number of nitrogens with zero attached hydrogens (tertiary/aromatic N) is 1. The van der Waals surface area contributed by atoms with E-state index >= 15 is 0 Å². The zero-order chi connectivity index (χ0) is 13.2. The number of nitrogens with two attached hydrogens (primary N) is 1. The van der Waals surface area contributed by atoms with Crippen LogP contribution in [0.3, 0.4) is 0 Å². The van der Waals surface area contributed by atoms with Crippen LogP contribution in [0.4, 0.5) is 14.5 Å². The predicted octanol–water partition coefficient (Wildman–Crippen LogP) is 2.91. The molecule has 0 radical (unpaired) electrons. The lowest BCUT2D eigenvalue weighted by molar-refractivity contribution is 0.0620. The van der Waals surface area contributed by atoms with E-state index in [9.17, 15) is 13.6 Å². The van der Waals surface area contributed by atoms with Crippen LogP contribution in [0, 0.1) is 0 Å². The summed E-state index contributed by atoms with van der Waals surface area (Å²) in [5.41, 5.74) is 5.78. The van der Waals surface area contributed by atoms with Crippen LogP contribution in [0.1, 0.15) is 10.4 Å². The minimum absolute atomic E-state index is 0.117. The summed E-state index contributed by atoms with van der Waals surface area (Å²) in [6, 6.07) is 2.60. The highest BCUT2D eigenvalue weighted by atomic mass is 35.5. The highest BCUT2D eigenvalue weighted by Crippen LogP contribution is 2.29. The van der Waals surface area contributed by atoms with Gasteiger partial charge in [-0.2, -0.15) is 0 Å². The lowest BCUT2D eigenvalue weighted by atomic mass is 10.2. The number of alkyl halides is 2. The molecule has 0 spiro atoms. The molecule has 7 heteroatoms. The predicted molar refractivity (Wildman–Crippen MR) is 63.8 cm³/mol. The summed E-state index contributed by atoms with van der Waals surface area (Å²) in [6.45, 7) is -0.654. The van der Waals surface area contributed by atoms with Gasteiger partial charge in [-0.1, -0.05) is 23.2 Å². The summed E-state index contributed by atoms with van der Waals surface area (Å²) in [7, 11) is 1.27. The third kappa shape index (κ3) is 3.44. The molecule has 94 valence electrons. The Morgan fingerprint density at radius 2 is 1.88 bits per heavy atom. The van der Waals surface area contributed by atoms with Gasteiger partial charge in [0, 0.05) is 12.6 Å². The SMILES string of the molecule is CN(CC(F)F)C(=O)c1cc(Cl)c(N)c(Cl)c1. The molecular formula is C10H10Cl2F2N2O. The van der Waals surface area contributed by atoms with Crippen LogP contribution in [0.25, 0.3) is 0 Å². The van der Waals surface area contributed by atoms with Crippen molar-refractivity contribution in [3.63, 3.8) is 0 Å². The Hall–Kier alpha value is -1.07. The first-order valence-corrected chi connectivity index (χ1v) is 5.36. The van der Waals surface area contributed by atoms with Crippen LogP contribution < -0.4 is 5.73 Å². The molecule has 0 aliphatic heterocycles. The maximum Gasteiger partial charge on any atom is 0.255 e. The molecule has 0 unspecified atom stereocenters. The third-order valence-electron chi connectivity index (χ3n) is 2.08. The van der Waals surface area contributed by atoms with Gasteiger partial charge in [0.15, 0.2) is 0 Å². The Balaban J connectivity index is 2.97. The van der Waals surface area contributed by atoms with Gasteiger partial charge in [-0.3, -0.25) is 4.79 Å². The number of carbonyl (C=O) groups is 1. The van der Waals surface area contributed by atoms with Gasteiger partial charge in [0.2, 0.25) is 0 Å². The number of anilines is 1. The minimum atomic E-state index is -2.59. The number of nitrogen functional groups attached to an aromatic ring is 1. The number of carbonyl (C=O) groups excluding carboxylic acids is 1. The number of amides is 1. The summed E-state index contributed by atoms with van der Waals surface area (Å²) in [4.78, 5) is 12.6. The van der Waals surface area contributed by atoms with Crippen molar-refractivity contribution in [2.45, 2.75) is 6.43 Å². The average molecular weight is 283 g/mol. The Bertz CT molecular complexity index is 417. The molecule has 1 aromatic carbocycles. The Morgan fingerprint density at radius 3 is 2.29 bits per heavy atom. The van der Waals surface area contributed by atoms with Crippen molar-refractivity contribution in [1.82, 2.24) is 4.90 Å². The highest BCUT2D eigenvalue weighted by Gasteiger charge is 2.17. The van der Waals surface area contributed by atoms with E-state index in [1.54, 1.807) is 0 Å². The van der Waals surface area contributed by atoms with Crippen molar-refractivity contribution in [2.24, 2.45) is 0 Å². The second-order valence-corrected chi connectivity index (χ2v) is 4.24. The number of benzene rings is 1. The van der Waals surface area contributed by atoms with Crippen molar-refractivity contribution in [2.75, 3.05) is 19.3 Å². The average Bonchev–Trinajstić information content (AvgIpc) is 2.23. The van der Waals surface area contributed by atoms with Crippen molar-refractivity contribution >= 4 is 34.8 Å². The monoisotopic (exact) mass is 282 g/mol. The molecule has 17 heavy (non-hydrogen) atoms. The van der Waals surface area contributed by atoms with E-state index < -0.39 is 18.9 Å². The molecule has 1 amide bonds. The van der Waals surface area contributed by atoms with E-state index in [1.807, 2.05) is 0 Å². The lowest BCUT2D eigenvalue weighted by Crippen LogP contribution is -2.31. The van der Waals surface area contributed by atoms with E-state index in [4.69, 9.17) is 28.9 Å². The molecule has 2 N–H and O–H groups in total. The third-order valence-corrected chi connectivity index (χ3v) is 2.71. The number of hydrogen-bond acceptors (Lipinski definition) is 2. The minimum Gasteiger partial charge on any atom is -0.396 e. The smallest absolute Gasteiger partial charge is 0.255 e. The topological polar surface area (TPSA) is 46.3 Å². The van der Waals surface area contributed by atoms with E-state index in [0.29, 0.717) is 0 Å². The molecule has 1 rings (SSSR count). The summed E-state index contributed by atoms with van der Waals surface area (Å²) < 4.78 is 24.2. The number of hydrogen-bond donors (Lipinski definition) is 1. The van der Waals surface area contributed by atoms with Gasteiger partial charge in [-0.05, 0) is 12.1 Å². The molecule has 0 aliphatic rings. The van der Waals surface area contributed by atoms with Gasteiger partial charge in [0.1, 0.15) is 0 Å². The van der Waals surface area contributed by atoms with Crippen LogP contribution in [-0.4, -0.2) is 30.8 Å². The van der Waals surface area contributed by atoms with Crippen molar-refractivity contribution in [3.8, 4) is 0 Å². The largest absolute Gasteiger partial charge is 0.396 e. The molecule has 0 aromatic heterocycles. The van der Waals surface area contributed by atoms with E-state index in [0.717, 1.165) is 4.90 Å². The fourth-order valence-corrected chi connectivity index (χ4v) is 1.71. The Labute approximate surface area is 107 Å². The zero-order valence-electron chi connectivity index (χ0n) is 8.88. The Kier molecular flexibility index (Phi) is 4.54. The molecule has 0 aliphatic carbocycles. The normalized spacial score (nSPS) is 10.7. The second-order valence-electron chi connectivity index (χ2n) is 3.43. The van der Waals surface area contributed by atoms with Crippen molar-refractivity contribution in [3.05, 3.63) is 27.7 Å². The van der Waals surface area contributed by atoms with Gasteiger partial charge in [-0.25, -0.2) is 8.78 Å². The first-order valence-electron chi connectivity index (χ1n) is 4.61. The standard InChI is InChI=1S/C10H10Cl2F2N2O/c1-16(4-8(13)14)10(17)5-2-6(11)9(15)7(12)3-5/h2-3,8H,4,15H2,1H3. The van der Waals surface area contributed by atoms with Crippen LogP contribution in [0.5, 0.6) is 0 Å². The second kappa shape index (κ2) is 5.51. The molecular weight excluding hydrogens is 273 g/mol. The van der Waals surface area contributed by atoms with Crippen LogP contribution in [-0.2, 0) is 0 Å². The molecule has 0 saturated carbocycles. The fourth-order valence-electron chi connectivity index (χ4n) is 1.22. The van der Waals surface area contributed by atoms with Gasteiger partial charge in [0.25, 0.3) is 12.3 Å². The fraction of sp³-hybridized carbons (Fsp3) is 0.300. The molecule has 0 heterocycles. The summed E-state index contributed by atoms with van der Waals surface area (Å²) in [6.07, 6.45) is -2.59. The molecule has 0 fully saturated rings. The maximum absolute atomic E-state index is 12.1. The highest BCUT2D eigenvalue weighted by molar-refractivity contribution is 6.39. The number of halogens is 4. The summed E-state index contributed by atoms with van der Waals surface area (Å²) >= 11 is 11.5. The molecule has 0 saturated heterocycles. The number of rotatable bonds is 3. The van der Waals surface area contributed by atoms with Crippen LogP contribution in [0.2, 0.25) is 10.0 Å². The zero-order valence-corrected chi connectivity index (χ0v) is 10.4. The van der Waals surface area contributed by atoms with Crippen molar-refractivity contribution in [1.29, 1.82) is 0 Å². The molecule has 0 atom stereocenters. The maximum atomic E-state index is 12.1. The van der Waals surface area contributed by atoms with Gasteiger partial charge in [0.05, 0.1) is 22.3 Å². The molecule has 1 aromatic rings. The first kappa shape index (κ1) is 14.0. The van der Waals surface area contributed by atoms with E-state index in [-0.39, 0.29) is 21.3 Å². The first-order chi connectivity index (χ1) is 7.82. The van der Waals surface area contributed by atoms with Gasteiger partial charge >= 0.3 is 0 Å².